The molecule has 1 rings (SSSR count). The molecule has 6 heteroatoms. The van der Waals surface area contributed by atoms with Crippen LogP contribution in [0.3, 0.4) is 0 Å². The van der Waals surface area contributed by atoms with Crippen LogP contribution < -0.4 is 10.6 Å². The molecule has 0 spiro atoms. The van der Waals surface area contributed by atoms with Crippen LogP contribution in [0.4, 0.5) is 5.69 Å². The van der Waals surface area contributed by atoms with Crippen molar-refractivity contribution < 1.29 is 14.4 Å². The van der Waals surface area contributed by atoms with Crippen LogP contribution in [-0.2, 0) is 14.4 Å². The summed E-state index contributed by atoms with van der Waals surface area (Å²) in [6.45, 7) is 4.54. The van der Waals surface area contributed by atoms with Gasteiger partial charge >= 0.3 is 0 Å². The van der Waals surface area contributed by atoms with Gasteiger partial charge in [-0.2, -0.15) is 0 Å². The van der Waals surface area contributed by atoms with E-state index >= 15 is 0 Å². The second-order valence-electron chi connectivity index (χ2n) is 6.32. The maximum atomic E-state index is 12.3. The van der Waals surface area contributed by atoms with E-state index in [1.807, 2.05) is 25.1 Å². The number of hydrogen-bond acceptors (Lipinski definition) is 3. The minimum absolute atomic E-state index is 0.000925. The van der Waals surface area contributed by atoms with Gasteiger partial charge in [0.05, 0.1) is 13.1 Å². The molecule has 0 bridgehead atoms. The van der Waals surface area contributed by atoms with Crippen molar-refractivity contribution in [2.24, 2.45) is 0 Å². The van der Waals surface area contributed by atoms with Gasteiger partial charge in [0.15, 0.2) is 0 Å². The van der Waals surface area contributed by atoms with E-state index in [1.54, 1.807) is 17.0 Å². The van der Waals surface area contributed by atoms with Gasteiger partial charge in [0.25, 0.3) is 0 Å². The van der Waals surface area contributed by atoms with Gasteiger partial charge in [-0.3, -0.25) is 14.4 Å². The molecule has 3 amide bonds. The zero-order chi connectivity index (χ0) is 19.2. The first kappa shape index (κ1) is 21.7. The number of carbonyl (C=O) groups is 3. The van der Waals surface area contributed by atoms with E-state index < -0.39 is 0 Å². The van der Waals surface area contributed by atoms with Gasteiger partial charge < -0.3 is 15.5 Å². The Hall–Kier alpha value is -2.37. The van der Waals surface area contributed by atoms with E-state index in [0.29, 0.717) is 18.7 Å². The van der Waals surface area contributed by atoms with E-state index in [2.05, 4.69) is 17.6 Å². The van der Waals surface area contributed by atoms with Crippen LogP contribution >= 0.6 is 0 Å². The van der Waals surface area contributed by atoms with E-state index in [-0.39, 0.29) is 30.8 Å². The summed E-state index contributed by atoms with van der Waals surface area (Å²) in [6, 6.07) is 9.06. The second-order valence-corrected chi connectivity index (χ2v) is 6.32. The lowest BCUT2D eigenvalue weighted by atomic mass is 10.1. The number of carbonyl (C=O) groups excluding carboxylic acids is 3. The van der Waals surface area contributed by atoms with Crippen LogP contribution in [-0.4, -0.2) is 42.3 Å². The van der Waals surface area contributed by atoms with Crippen molar-refractivity contribution in [2.75, 3.05) is 25.0 Å². The Kier molecular flexibility index (Phi) is 10.8. The molecule has 1 aromatic carbocycles. The van der Waals surface area contributed by atoms with Gasteiger partial charge in [-0.15, -0.1) is 0 Å². The lowest BCUT2D eigenvalue weighted by molar-refractivity contribution is -0.136. The van der Waals surface area contributed by atoms with Gasteiger partial charge in [-0.25, -0.2) is 0 Å². The summed E-state index contributed by atoms with van der Waals surface area (Å²) in [5, 5.41) is 5.28. The average molecular weight is 361 g/mol. The first-order valence-corrected chi connectivity index (χ1v) is 9.46. The van der Waals surface area contributed by atoms with Crippen molar-refractivity contribution in [1.82, 2.24) is 10.2 Å². The molecule has 26 heavy (non-hydrogen) atoms. The molecule has 0 aromatic heterocycles. The molecular formula is C20H31N3O3. The number of amides is 3. The Morgan fingerprint density at radius 2 is 1.65 bits per heavy atom. The summed E-state index contributed by atoms with van der Waals surface area (Å²) in [6.07, 6.45) is 5.41. The average Bonchev–Trinajstić information content (AvgIpc) is 2.64. The molecule has 144 valence electrons. The second kappa shape index (κ2) is 12.9. The molecule has 0 fully saturated rings. The minimum Gasteiger partial charge on any atom is -0.345 e. The molecule has 1 aromatic rings. The number of hydrogen-bond donors (Lipinski definition) is 2. The van der Waals surface area contributed by atoms with Crippen molar-refractivity contribution in [3.8, 4) is 0 Å². The van der Waals surface area contributed by atoms with Crippen molar-refractivity contribution in [1.29, 1.82) is 0 Å². The molecule has 6 nitrogen and oxygen atoms in total. The molecule has 2 N–H and O–H groups in total. The molecular weight excluding hydrogens is 330 g/mol. The number of unbranched alkanes of at least 4 members (excludes halogenated alkanes) is 3. The monoisotopic (exact) mass is 361 g/mol. The molecule has 0 aliphatic rings. The van der Waals surface area contributed by atoms with E-state index in [4.69, 9.17) is 0 Å². The van der Waals surface area contributed by atoms with E-state index in [9.17, 15) is 14.4 Å². The highest BCUT2D eigenvalue weighted by atomic mass is 16.2. The lowest BCUT2D eigenvalue weighted by Crippen LogP contribution is -2.43. The quantitative estimate of drug-likeness (QED) is 0.562. The third kappa shape index (κ3) is 9.20. The first-order valence-electron chi connectivity index (χ1n) is 9.46. The van der Waals surface area contributed by atoms with Crippen molar-refractivity contribution >= 4 is 23.4 Å². The Balaban J connectivity index is 2.36. The predicted octanol–water partition coefficient (Wildman–Crippen LogP) is 2.95. The first-order chi connectivity index (χ1) is 12.6. The van der Waals surface area contributed by atoms with Gasteiger partial charge in [-0.1, -0.05) is 51.3 Å². The van der Waals surface area contributed by atoms with Crippen molar-refractivity contribution in [3.05, 3.63) is 30.3 Å². The lowest BCUT2D eigenvalue weighted by Gasteiger charge is -2.21. The summed E-state index contributed by atoms with van der Waals surface area (Å²) >= 11 is 0. The maximum Gasteiger partial charge on any atom is 0.243 e. The highest BCUT2D eigenvalue weighted by Crippen LogP contribution is 2.06. The summed E-state index contributed by atoms with van der Waals surface area (Å²) in [4.78, 5) is 37.8. The molecule has 0 heterocycles. The highest BCUT2D eigenvalue weighted by Gasteiger charge is 2.16. The standard InChI is InChI=1S/C20H31N3O3/c1-3-5-6-10-13-20(26)23(14-4-2)16-19(25)21-15-18(24)22-17-11-8-7-9-12-17/h7-9,11-12H,3-6,10,13-16H2,1-2H3,(H,21,25)(H,22,24). The van der Waals surface area contributed by atoms with Crippen LogP contribution in [0, 0.1) is 0 Å². The predicted molar refractivity (Wildman–Crippen MR) is 104 cm³/mol. The molecule has 0 aliphatic carbocycles. The topological polar surface area (TPSA) is 78.5 Å². The van der Waals surface area contributed by atoms with Gasteiger partial charge in [0, 0.05) is 18.7 Å². The van der Waals surface area contributed by atoms with E-state index in [1.165, 1.54) is 0 Å². The van der Waals surface area contributed by atoms with Crippen LogP contribution in [0.5, 0.6) is 0 Å². The van der Waals surface area contributed by atoms with Gasteiger partial charge in [-0.05, 0) is 25.0 Å². The largest absolute Gasteiger partial charge is 0.345 e. The smallest absolute Gasteiger partial charge is 0.243 e. The summed E-state index contributed by atoms with van der Waals surface area (Å²) in [5.74, 6) is -0.604. The summed E-state index contributed by atoms with van der Waals surface area (Å²) < 4.78 is 0. The van der Waals surface area contributed by atoms with Crippen molar-refractivity contribution in [3.63, 3.8) is 0 Å². The Labute approximate surface area is 156 Å². The third-order valence-electron chi connectivity index (χ3n) is 3.93. The molecule has 0 saturated carbocycles. The normalized spacial score (nSPS) is 10.2. The highest BCUT2D eigenvalue weighted by molar-refractivity contribution is 5.95. The van der Waals surface area contributed by atoms with E-state index in [0.717, 1.165) is 32.1 Å². The Morgan fingerprint density at radius 1 is 0.923 bits per heavy atom. The number of anilines is 1. The summed E-state index contributed by atoms with van der Waals surface area (Å²) in [5.41, 5.74) is 0.682. The Bertz CT molecular complexity index is 561. The fourth-order valence-corrected chi connectivity index (χ4v) is 2.56. The zero-order valence-corrected chi connectivity index (χ0v) is 15.9. The molecule has 0 saturated heterocycles. The number of rotatable bonds is 12. The number of para-hydroxylation sites is 1. The van der Waals surface area contributed by atoms with Gasteiger partial charge in [0.2, 0.25) is 17.7 Å². The SMILES string of the molecule is CCCCCCC(=O)N(CCC)CC(=O)NCC(=O)Nc1ccccc1. The number of nitrogens with zero attached hydrogens (tertiary/aromatic N) is 1. The van der Waals surface area contributed by atoms with Crippen molar-refractivity contribution in [2.45, 2.75) is 52.4 Å². The van der Waals surface area contributed by atoms with Crippen LogP contribution in [0.1, 0.15) is 52.4 Å². The molecule has 0 aliphatic heterocycles. The maximum absolute atomic E-state index is 12.3. The van der Waals surface area contributed by atoms with Crippen LogP contribution in [0.25, 0.3) is 0 Å². The fourth-order valence-electron chi connectivity index (χ4n) is 2.56. The number of nitrogens with one attached hydrogen (secondary N) is 2. The summed E-state index contributed by atoms with van der Waals surface area (Å²) in [7, 11) is 0. The number of benzene rings is 1. The molecule has 0 unspecified atom stereocenters. The van der Waals surface area contributed by atoms with Crippen LogP contribution in [0.2, 0.25) is 0 Å². The minimum atomic E-state index is -0.316. The Morgan fingerprint density at radius 3 is 2.31 bits per heavy atom. The molecule has 0 radical (unpaired) electrons. The van der Waals surface area contributed by atoms with Crippen LogP contribution in [0.15, 0.2) is 30.3 Å². The molecule has 0 atom stereocenters. The third-order valence-corrected chi connectivity index (χ3v) is 3.93. The zero-order valence-electron chi connectivity index (χ0n) is 15.9. The fraction of sp³-hybridized carbons (Fsp3) is 0.550. The van der Waals surface area contributed by atoms with Gasteiger partial charge in [0.1, 0.15) is 0 Å².